The van der Waals surface area contributed by atoms with Crippen molar-refractivity contribution in [2.75, 3.05) is 17.8 Å². The van der Waals surface area contributed by atoms with Crippen molar-refractivity contribution in [1.29, 1.82) is 0 Å². The summed E-state index contributed by atoms with van der Waals surface area (Å²) in [6.45, 7) is 5.50. The van der Waals surface area contributed by atoms with Gasteiger partial charge in [0.05, 0.1) is 0 Å². The first kappa shape index (κ1) is 17.9. The Kier molecular flexibility index (Phi) is 4.71. The van der Waals surface area contributed by atoms with Crippen LogP contribution in [0.2, 0.25) is 5.02 Å². The Morgan fingerprint density at radius 3 is 2.93 bits per heavy atom. The number of fused-ring (bicyclic) bond motifs is 4. The van der Waals surface area contributed by atoms with E-state index in [4.69, 9.17) is 11.6 Å². The van der Waals surface area contributed by atoms with Gasteiger partial charge in [0, 0.05) is 50.7 Å². The highest BCUT2D eigenvalue weighted by atomic mass is 35.5. The molecular formula is C23H22ClN3S. The van der Waals surface area contributed by atoms with Crippen molar-refractivity contribution < 1.29 is 0 Å². The minimum absolute atomic E-state index is 0.798. The van der Waals surface area contributed by atoms with Crippen LogP contribution in [0.4, 0.5) is 5.69 Å². The Morgan fingerprint density at radius 2 is 2.04 bits per heavy atom. The highest BCUT2D eigenvalue weighted by Gasteiger charge is 2.19. The van der Waals surface area contributed by atoms with E-state index in [1.807, 2.05) is 12.1 Å². The zero-order valence-corrected chi connectivity index (χ0v) is 17.3. The number of H-pyrrole nitrogens is 1. The van der Waals surface area contributed by atoms with Crippen molar-refractivity contribution in [3.63, 3.8) is 0 Å². The largest absolute Gasteiger partial charge is 0.357 e. The van der Waals surface area contributed by atoms with Gasteiger partial charge < -0.3 is 9.71 Å². The van der Waals surface area contributed by atoms with Gasteiger partial charge in [0.15, 0.2) is 0 Å². The third kappa shape index (κ3) is 3.26. The topological polar surface area (TPSA) is 31.1 Å². The van der Waals surface area contributed by atoms with Gasteiger partial charge in [-0.15, -0.1) is 0 Å². The molecule has 142 valence electrons. The third-order valence-electron chi connectivity index (χ3n) is 5.59. The summed E-state index contributed by atoms with van der Waals surface area (Å²) in [6, 6.07) is 19.0. The van der Waals surface area contributed by atoms with Gasteiger partial charge in [-0.25, -0.2) is 0 Å². The van der Waals surface area contributed by atoms with Crippen LogP contribution < -0.4 is 4.72 Å². The van der Waals surface area contributed by atoms with E-state index in [2.05, 4.69) is 64.0 Å². The van der Waals surface area contributed by atoms with Gasteiger partial charge in [0.1, 0.15) is 0 Å². The summed E-state index contributed by atoms with van der Waals surface area (Å²) in [7, 11) is 0. The molecule has 1 aromatic heterocycles. The molecule has 4 aromatic rings. The van der Waals surface area contributed by atoms with Gasteiger partial charge in [-0.1, -0.05) is 36.7 Å². The van der Waals surface area contributed by atoms with Crippen molar-refractivity contribution in [1.82, 2.24) is 9.88 Å². The maximum Gasteiger partial charge on any atom is 0.0484 e. The summed E-state index contributed by atoms with van der Waals surface area (Å²) in [4.78, 5) is 7.27. The molecular weight excluding hydrogens is 386 g/mol. The number of aromatic nitrogens is 1. The molecule has 0 radical (unpaired) electrons. The smallest absolute Gasteiger partial charge is 0.0484 e. The fourth-order valence-electron chi connectivity index (χ4n) is 4.03. The van der Waals surface area contributed by atoms with Crippen LogP contribution in [0.3, 0.4) is 0 Å². The molecule has 3 nitrogen and oxygen atoms in total. The second kappa shape index (κ2) is 7.36. The fraction of sp³-hybridized carbons (Fsp3) is 0.217. The van der Waals surface area contributed by atoms with Crippen LogP contribution >= 0.6 is 23.5 Å². The molecule has 0 saturated heterocycles. The third-order valence-corrected chi connectivity index (χ3v) is 6.74. The Bertz CT molecular complexity index is 1170. The maximum atomic E-state index is 6.27. The number of anilines is 1. The van der Waals surface area contributed by atoms with Crippen LogP contribution in [0.5, 0.6) is 0 Å². The van der Waals surface area contributed by atoms with Crippen molar-refractivity contribution in [2.45, 2.75) is 24.8 Å². The van der Waals surface area contributed by atoms with Gasteiger partial charge in [-0.05, 0) is 72.3 Å². The van der Waals surface area contributed by atoms with Crippen LogP contribution in [0.15, 0.2) is 59.5 Å². The lowest BCUT2D eigenvalue weighted by Crippen LogP contribution is -2.29. The molecule has 0 amide bonds. The normalized spacial score (nSPS) is 14.5. The first-order valence-electron chi connectivity index (χ1n) is 9.68. The van der Waals surface area contributed by atoms with Crippen molar-refractivity contribution in [3.8, 4) is 0 Å². The first-order valence-corrected chi connectivity index (χ1v) is 10.9. The lowest BCUT2D eigenvalue weighted by atomic mass is 10.0. The highest BCUT2D eigenvalue weighted by Crippen LogP contribution is 2.32. The predicted molar refractivity (Wildman–Crippen MR) is 121 cm³/mol. The van der Waals surface area contributed by atoms with E-state index in [0.717, 1.165) is 47.5 Å². The maximum absolute atomic E-state index is 6.27. The van der Waals surface area contributed by atoms with Crippen LogP contribution in [0.1, 0.15) is 18.2 Å². The summed E-state index contributed by atoms with van der Waals surface area (Å²) < 4.78 is 3.51. The molecule has 5 rings (SSSR count). The summed E-state index contributed by atoms with van der Waals surface area (Å²) in [5.41, 5.74) is 5.22. The van der Waals surface area contributed by atoms with Gasteiger partial charge in [0.2, 0.25) is 0 Å². The molecule has 1 aliphatic rings. The zero-order valence-electron chi connectivity index (χ0n) is 15.8. The predicted octanol–water partition coefficient (Wildman–Crippen LogP) is 6.47. The molecule has 0 unspecified atom stereocenters. The van der Waals surface area contributed by atoms with Crippen LogP contribution in [0, 0.1) is 0 Å². The standard InChI is InChI=1S/C23H22ClN3S/c1-2-27-11-10-19-20-13-16(6-9-22(20)25-23(19)14-27)26-28-17-7-8-18-15(12-17)4-3-5-21(18)24/h3-9,12-13,25-26H,2,10-11,14H2,1H3. The Hall–Kier alpha value is -2.14. The minimum Gasteiger partial charge on any atom is -0.357 e. The van der Waals surface area contributed by atoms with E-state index in [-0.39, 0.29) is 0 Å². The number of hydrogen-bond acceptors (Lipinski definition) is 3. The van der Waals surface area contributed by atoms with E-state index in [9.17, 15) is 0 Å². The minimum atomic E-state index is 0.798. The van der Waals surface area contributed by atoms with Crippen molar-refractivity contribution in [2.24, 2.45) is 0 Å². The highest BCUT2D eigenvalue weighted by molar-refractivity contribution is 8.00. The summed E-state index contributed by atoms with van der Waals surface area (Å²) in [5.74, 6) is 0. The monoisotopic (exact) mass is 407 g/mol. The molecule has 3 aromatic carbocycles. The van der Waals surface area contributed by atoms with Crippen LogP contribution in [-0.4, -0.2) is 23.0 Å². The van der Waals surface area contributed by atoms with Crippen molar-refractivity contribution >= 4 is 50.9 Å². The van der Waals surface area contributed by atoms with Gasteiger partial charge >= 0.3 is 0 Å². The quantitative estimate of drug-likeness (QED) is 0.380. The van der Waals surface area contributed by atoms with E-state index in [1.165, 1.54) is 27.1 Å². The molecule has 28 heavy (non-hydrogen) atoms. The van der Waals surface area contributed by atoms with E-state index in [1.54, 1.807) is 11.9 Å². The molecule has 0 saturated carbocycles. The van der Waals surface area contributed by atoms with Crippen LogP contribution in [0.25, 0.3) is 21.7 Å². The number of likely N-dealkylation sites (N-methyl/N-ethyl adjacent to an activating group) is 1. The van der Waals surface area contributed by atoms with E-state index < -0.39 is 0 Å². The number of benzene rings is 3. The molecule has 2 heterocycles. The molecule has 1 aliphatic heterocycles. The van der Waals surface area contributed by atoms with E-state index >= 15 is 0 Å². The number of nitrogens with zero attached hydrogens (tertiary/aromatic N) is 1. The molecule has 5 heteroatoms. The number of rotatable bonds is 4. The number of aromatic amines is 1. The lowest BCUT2D eigenvalue weighted by molar-refractivity contribution is 0.266. The number of nitrogens with one attached hydrogen (secondary N) is 2. The average Bonchev–Trinajstić information content (AvgIpc) is 3.09. The Balaban J connectivity index is 1.38. The number of halogens is 1. The first-order chi connectivity index (χ1) is 13.7. The van der Waals surface area contributed by atoms with Gasteiger partial charge in [-0.2, -0.15) is 0 Å². The van der Waals surface area contributed by atoms with E-state index in [0.29, 0.717) is 0 Å². The molecule has 0 spiro atoms. The Morgan fingerprint density at radius 1 is 1.11 bits per heavy atom. The lowest BCUT2D eigenvalue weighted by Gasteiger charge is -2.25. The molecule has 0 atom stereocenters. The Labute approximate surface area is 174 Å². The van der Waals surface area contributed by atoms with Crippen LogP contribution in [-0.2, 0) is 13.0 Å². The fourth-order valence-corrected chi connectivity index (χ4v) is 4.96. The molecule has 2 N–H and O–H groups in total. The SMILES string of the molecule is CCN1CCc2c([nH]c3ccc(NSc4ccc5c(Cl)cccc5c4)cc23)C1. The molecule has 0 aliphatic carbocycles. The molecule has 0 bridgehead atoms. The zero-order chi connectivity index (χ0) is 19.1. The molecule has 0 fully saturated rings. The second-order valence-electron chi connectivity index (χ2n) is 7.29. The van der Waals surface area contributed by atoms with Gasteiger partial charge in [0.25, 0.3) is 0 Å². The average molecular weight is 408 g/mol. The van der Waals surface area contributed by atoms with Crippen molar-refractivity contribution in [3.05, 3.63) is 70.9 Å². The number of hydrogen-bond donors (Lipinski definition) is 2. The van der Waals surface area contributed by atoms with Gasteiger partial charge in [-0.3, -0.25) is 4.90 Å². The summed E-state index contributed by atoms with van der Waals surface area (Å²) in [6.07, 6.45) is 1.12. The summed E-state index contributed by atoms with van der Waals surface area (Å²) in [5, 5.41) is 4.40. The summed E-state index contributed by atoms with van der Waals surface area (Å²) >= 11 is 7.91. The second-order valence-corrected chi connectivity index (χ2v) is 8.57.